The summed E-state index contributed by atoms with van der Waals surface area (Å²) in [5, 5.41) is 3.52. The maximum atomic E-state index is 4.06. The van der Waals surface area contributed by atoms with Crippen LogP contribution in [0.15, 0.2) is 18.7 Å². The van der Waals surface area contributed by atoms with E-state index in [0.717, 1.165) is 24.5 Å². The first-order valence-corrected chi connectivity index (χ1v) is 6.60. The third-order valence-corrected chi connectivity index (χ3v) is 3.09. The van der Waals surface area contributed by atoms with Gasteiger partial charge in [0.1, 0.15) is 6.33 Å². The summed E-state index contributed by atoms with van der Waals surface area (Å²) in [7, 11) is 0. The van der Waals surface area contributed by atoms with E-state index < -0.39 is 0 Å². The molecule has 1 rings (SSSR count). The van der Waals surface area contributed by atoms with Crippen LogP contribution in [0.4, 0.5) is 0 Å². The fourth-order valence-electron chi connectivity index (χ4n) is 1.32. The minimum atomic E-state index is 0.385. The lowest BCUT2D eigenvalue weighted by molar-refractivity contribution is 0.574. The molecule has 1 unspecified atom stereocenters. The predicted octanol–water partition coefficient (Wildman–Crippen LogP) is 2.27. The molecule has 1 aromatic rings. The van der Waals surface area contributed by atoms with Crippen molar-refractivity contribution in [1.82, 2.24) is 15.3 Å². The van der Waals surface area contributed by atoms with E-state index in [0.29, 0.717) is 6.04 Å². The van der Waals surface area contributed by atoms with E-state index in [4.69, 9.17) is 0 Å². The Balaban J connectivity index is 2.55. The molecule has 0 amide bonds. The van der Waals surface area contributed by atoms with Crippen molar-refractivity contribution in [2.45, 2.75) is 26.3 Å². The molecular formula is C11H19N3S. The highest BCUT2D eigenvalue weighted by molar-refractivity contribution is 7.99. The monoisotopic (exact) mass is 225 g/mol. The van der Waals surface area contributed by atoms with Crippen molar-refractivity contribution in [2.24, 2.45) is 0 Å². The van der Waals surface area contributed by atoms with Gasteiger partial charge in [0.25, 0.3) is 0 Å². The van der Waals surface area contributed by atoms with Crippen LogP contribution in [0.25, 0.3) is 0 Å². The number of nitrogens with zero attached hydrogens (tertiary/aromatic N) is 2. The molecule has 0 aliphatic heterocycles. The normalized spacial score (nSPS) is 12.7. The topological polar surface area (TPSA) is 37.8 Å². The highest BCUT2D eigenvalue weighted by Crippen LogP contribution is 2.16. The van der Waals surface area contributed by atoms with E-state index in [-0.39, 0.29) is 0 Å². The van der Waals surface area contributed by atoms with Crippen molar-refractivity contribution < 1.29 is 0 Å². The van der Waals surface area contributed by atoms with Gasteiger partial charge in [-0.1, -0.05) is 13.8 Å². The fraction of sp³-hybridized carbons (Fsp3) is 0.636. The SMILES string of the molecule is CCCNC(CSCC)c1cncnc1. The van der Waals surface area contributed by atoms with Gasteiger partial charge in [-0.3, -0.25) is 0 Å². The van der Waals surface area contributed by atoms with Gasteiger partial charge in [-0.2, -0.15) is 11.8 Å². The summed E-state index contributed by atoms with van der Waals surface area (Å²) in [6.45, 7) is 5.41. The molecule has 1 atom stereocenters. The van der Waals surface area contributed by atoms with Crippen molar-refractivity contribution in [3.8, 4) is 0 Å². The van der Waals surface area contributed by atoms with Gasteiger partial charge in [0.05, 0.1) is 0 Å². The Hall–Kier alpha value is -0.610. The van der Waals surface area contributed by atoms with E-state index in [9.17, 15) is 0 Å². The average Bonchev–Trinajstić information content (AvgIpc) is 2.30. The average molecular weight is 225 g/mol. The van der Waals surface area contributed by atoms with Crippen molar-refractivity contribution in [2.75, 3.05) is 18.1 Å². The second-order valence-electron chi connectivity index (χ2n) is 3.34. The smallest absolute Gasteiger partial charge is 0.115 e. The lowest BCUT2D eigenvalue weighted by Crippen LogP contribution is -2.24. The quantitative estimate of drug-likeness (QED) is 0.772. The van der Waals surface area contributed by atoms with Gasteiger partial charge < -0.3 is 5.32 Å². The lowest BCUT2D eigenvalue weighted by Gasteiger charge is -2.17. The summed E-state index contributed by atoms with van der Waals surface area (Å²) in [6.07, 6.45) is 6.53. The molecule has 3 nitrogen and oxygen atoms in total. The Morgan fingerprint density at radius 1 is 1.33 bits per heavy atom. The Labute approximate surface area is 96.1 Å². The summed E-state index contributed by atoms with van der Waals surface area (Å²) in [5.74, 6) is 2.24. The molecule has 0 saturated carbocycles. The molecule has 0 aliphatic carbocycles. The first-order chi connectivity index (χ1) is 7.38. The van der Waals surface area contributed by atoms with Crippen LogP contribution >= 0.6 is 11.8 Å². The third-order valence-electron chi connectivity index (χ3n) is 2.11. The van der Waals surface area contributed by atoms with E-state index in [1.165, 1.54) is 5.56 Å². The van der Waals surface area contributed by atoms with Crippen molar-refractivity contribution >= 4 is 11.8 Å². The molecule has 4 heteroatoms. The molecule has 0 spiro atoms. The van der Waals surface area contributed by atoms with Gasteiger partial charge in [-0.15, -0.1) is 0 Å². The molecule has 84 valence electrons. The number of hydrogen-bond donors (Lipinski definition) is 1. The highest BCUT2D eigenvalue weighted by atomic mass is 32.2. The van der Waals surface area contributed by atoms with Gasteiger partial charge in [0.15, 0.2) is 0 Å². The molecule has 1 heterocycles. The Bertz CT molecular complexity index is 245. The zero-order chi connectivity index (χ0) is 10.9. The summed E-state index contributed by atoms with van der Waals surface area (Å²) in [4.78, 5) is 8.12. The van der Waals surface area contributed by atoms with Crippen molar-refractivity contribution in [1.29, 1.82) is 0 Å². The van der Waals surface area contributed by atoms with Crippen LogP contribution in [0.1, 0.15) is 31.9 Å². The molecule has 0 bridgehead atoms. The number of hydrogen-bond acceptors (Lipinski definition) is 4. The van der Waals surface area contributed by atoms with Gasteiger partial charge in [-0.05, 0) is 18.7 Å². The fourth-order valence-corrected chi connectivity index (χ4v) is 2.10. The number of nitrogens with one attached hydrogen (secondary N) is 1. The van der Waals surface area contributed by atoms with Crippen molar-refractivity contribution in [3.05, 3.63) is 24.3 Å². The standard InChI is InChI=1S/C11H19N3S/c1-3-5-14-11(8-15-4-2)10-6-12-9-13-7-10/h6-7,9,11,14H,3-5,8H2,1-2H3. The van der Waals surface area contributed by atoms with Crippen LogP contribution in [-0.2, 0) is 0 Å². The Morgan fingerprint density at radius 2 is 2.07 bits per heavy atom. The molecular weight excluding hydrogens is 206 g/mol. The van der Waals surface area contributed by atoms with E-state index >= 15 is 0 Å². The first-order valence-electron chi connectivity index (χ1n) is 5.44. The van der Waals surface area contributed by atoms with Crippen LogP contribution in [0, 0.1) is 0 Å². The summed E-state index contributed by atoms with van der Waals surface area (Å²) in [6, 6.07) is 0.385. The summed E-state index contributed by atoms with van der Waals surface area (Å²) >= 11 is 1.94. The largest absolute Gasteiger partial charge is 0.309 e. The molecule has 0 saturated heterocycles. The number of thioether (sulfide) groups is 1. The number of rotatable bonds is 7. The maximum Gasteiger partial charge on any atom is 0.115 e. The second kappa shape index (κ2) is 7.65. The van der Waals surface area contributed by atoms with Gasteiger partial charge in [0.2, 0.25) is 0 Å². The molecule has 0 radical (unpaired) electrons. The zero-order valence-electron chi connectivity index (χ0n) is 9.44. The second-order valence-corrected chi connectivity index (χ2v) is 4.66. The molecule has 1 N–H and O–H groups in total. The Morgan fingerprint density at radius 3 is 2.67 bits per heavy atom. The van der Waals surface area contributed by atoms with E-state index in [1.54, 1.807) is 6.33 Å². The van der Waals surface area contributed by atoms with Crippen LogP contribution in [-0.4, -0.2) is 28.0 Å². The first kappa shape index (κ1) is 12.5. The van der Waals surface area contributed by atoms with Crippen LogP contribution in [0.3, 0.4) is 0 Å². The zero-order valence-corrected chi connectivity index (χ0v) is 10.3. The van der Waals surface area contributed by atoms with E-state index in [1.807, 2.05) is 24.2 Å². The van der Waals surface area contributed by atoms with Crippen LogP contribution < -0.4 is 5.32 Å². The van der Waals surface area contributed by atoms with Crippen LogP contribution in [0.5, 0.6) is 0 Å². The number of aromatic nitrogens is 2. The van der Waals surface area contributed by atoms with Gasteiger partial charge >= 0.3 is 0 Å². The Kier molecular flexibility index (Phi) is 6.36. The lowest BCUT2D eigenvalue weighted by atomic mass is 10.2. The predicted molar refractivity (Wildman–Crippen MR) is 66.1 cm³/mol. The minimum Gasteiger partial charge on any atom is -0.309 e. The third kappa shape index (κ3) is 4.62. The van der Waals surface area contributed by atoms with E-state index in [2.05, 4.69) is 29.1 Å². The molecule has 0 aliphatic rings. The van der Waals surface area contributed by atoms with Crippen molar-refractivity contribution in [3.63, 3.8) is 0 Å². The molecule has 15 heavy (non-hydrogen) atoms. The minimum absolute atomic E-state index is 0.385. The summed E-state index contributed by atoms with van der Waals surface area (Å²) in [5.41, 5.74) is 1.19. The van der Waals surface area contributed by atoms with Gasteiger partial charge in [-0.25, -0.2) is 9.97 Å². The molecule has 0 aromatic carbocycles. The molecule has 1 aromatic heterocycles. The maximum absolute atomic E-state index is 4.06. The highest BCUT2D eigenvalue weighted by Gasteiger charge is 2.10. The summed E-state index contributed by atoms with van der Waals surface area (Å²) < 4.78 is 0. The molecule has 0 fully saturated rings. The van der Waals surface area contributed by atoms with Gasteiger partial charge in [0, 0.05) is 29.8 Å². The van der Waals surface area contributed by atoms with Crippen LogP contribution in [0.2, 0.25) is 0 Å².